The lowest BCUT2D eigenvalue weighted by Crippen LogP contribution is -2.44. The molecule has 6 aromatic rings. The number of carbonyl (C=O) groups excluding carboxylic acids is 4. The van der Waals surface area contributed by atoms with Gasteiger partial charge >= 0.3 is 0 Å². The first-order valence-electron chi connectivity index (χ1n) is 25.1. The van der Waals surface area contributed by atoms with Gasteiger partial charge in [-0.3, -0.25) is 19.2 Å². The van der Waals surface area contributed by atoms with Crippen LogP contribution in [0.5, 0.6) is 0 Å². The van der Waals surface area contributed by atoms with Gasteiger partial charge in [-0.05, 0) is 136 Å². The third kappa shape index (κ3) is 10.1. The summed E-state index contributed by atoms with van der Waals surface area (Å²) in [4.78, 5) is 59.6. The summed E-state index contributed by atoms with van der Waals surface area (Å²) in [5.74, 6) is 1.34. The van der Waals surface area contributed by atoms with Gasteiger partial charge in [0, 0.05) is 36.2 Å². The van der Waals surface area contributed by atoms with E-state index in [2.05, 4.69) is 115 Å². The number of aromatic amines is 1. The minimum Gasteiger partial charge on any atom is -0.342 e. The molecule has 4 N–H and O–H groups in total. The van der Waals surface area contributed by atoms with Crippen molar-refractivity contribution < 1.29 is 27.6 Å². The number of fused-ring (bicyclic) bond motifs is 6. The lowest BCUT2D eigenvalue weighted by molar-refractivity contribution is -0.141. The predicted molar refractivity (Wildman–Crippen MR) is 284 cm³/mol. The third-order valence-electron chi connectivity index (χ3n) is 15.5. The van der Waals surface area contributed by atoms with E-state index in [9.17, 15) is 27.6 Å². The number of sulfonamides is 1. The van der Waals surface area contributed by atoms with Crippen molar-refractivity contribution in [3.8, 4) is 0 Å². The van der Waals surface area contributed by atoms with Crippen molar-refractivity contribution >= 4 is 77.4 Å². The number of anilines is 2. The van der Waals surface area contributed by atoms with Gasteiger partial charge in [-0.1, -0.05) is 126 Å². The molecule has 0 radical (unpaired) electrons. The minimum atomic E-state index is -3.48. The monoisotopic (exact) mass is 968 g/mol. The van der Waals surface area contributed by atoms with Crippen LogP contribution in [-0.4, -0.2) is 47.8 Å². The number of carbonyl (C=O) groups is 4. The number of aryl methyl sites for hydroxylation is 1. The van der Waals surface area contributed by atoms with Crippen LogP contribution in [0.1, 0.15) is 155 Å². The first kappa shape index (κ1) is 52.1. The van der Waals surface area contributed by atoms with Crippen LogP contribution in [-0.2, 0) is 48.5 Å². The van der Waals surface area contributed by atoms with E-state index in [1.165, 1.54) is 32.7 Å². The summed E-state index contributed by atoms with van der Waals surface area (Å²) in [6.07, 6.45) is 1.80. The summed E-state index contributed by atoms with van der Waals surface area (Å²) in [6.45, 7) is 28.0. The van der Waals surface area contributed by atoms with Crippen LogP contribution >= 0.6 is 0 Å². The number of amides is 2. The molecule has 11 nitrogen and oxygen atoms in total. The fraction of sp³-hybridized carbons (Fsp3) is 0.466. The van der Waals surface area contributed by atoms with E-state index in [0.717, 1.165) is 35.3 Å². The number of ketones is 2. The van der Waals surface area contributed by atoms with Gasteiger partial charge < -0.3 is 15.6 Å². The Morgan fingerprint density at radius 1 is 0.571 bits per heavy atom. The first-order chi connectivity index (χ1) is 32.7. The van der Waals surface area contributed by atoms with E-state index in [-0.39, 0.29) is 65.9 Å². The molecule has 3 unspecified atom stereocenters. The van der Waals surface area contributed by atoms with Crippen molar-refractivity contribution in [2.24, 2.45) is 28.6 Å². The van der Waals surface area contributed by atoms with Crippen molar-refractivity contribution in [1.29, 1.82) is 0 Å². The zero-order valence-electron chi connectivity index (χ0n) is 43.6. The molecule has 0 spiro atoms. The highest BCUT2D eigenvalue weighted by Gasteiger charge is 2.48. The van der Waals surface area contributed by atoms with Gasteiger partial charge in [0.15, 0.2) is 11.6 Å². The van der Waals surface area contributed by atoms with Crippen LogP contribution in [0.25, 0.3) is 32.6 Å². The molecule has 9 rings (SSSR count). The average molecular weight is 968 g/mol. The normalized spacial score (nSPS) is 21.2. The minimum absolute atomic E-state index is 0.0186. The largest absolute Gasteiger partial charge is 0.342 e. The number of Topliss-reactive ketones (excluding diaryl/α,β-unsaturated/α-hetero) is 2. The second kappa shape index (κ2) is 19.8. The Kier molecular flexibility index (Phi) is 14.8. The lowest BCUT2D eigenvalue weighted by Gasteiger charge is -2.28. The van der Waals surface area contributed by atoms with Gasteiger partial charge in [-0.25, -0.2) is 18.1 Å². The van der Waals surface area contributed by atoms with E-state index < -0.39 is 20.9 Å². The molecule has 1 aromatic heterocycles. The van der Waals surface area contributed by atoms with Crippen molar-refractivity contribution in [2.45, 2.75) is 151 Å². The fourth-order valence-electron chi connectivity index (χ4n) is 9.54. The second-order valence-electron chi connectivity index (χ2n) is 22.1. The zero-order valence-corrected chi connectivity index (χ0v) is 44.4. The number of hydrogen-bond donors (Lipinski definition) is 4. The molecule has 0 saturated carbocycles. The van der Waals surface area contributed by atoms with Crippen LogP contribution in [0.4, 0.5) is 11.4 Å². The van der Waals surface area contributed by atoms with Crippen molar-refractivity contribution in [1.82, 2.24) is 14.7 Å². The highest BCUT2D eigenvalue weighted by atomic mass is 32.2. The number of imidazole rings is 1. The van der Waals surface area contributed by atoms with E-state index in [1.807, 2.05) is 47.6 Å². The van der Waals surface area contributed by atoms with E-state index >= 15 is 0 Å². The van der Waals surface area contributed by atoms with E-state index in [1.54, 1.807) is 32.0 Å². The molecule has 70 heavy (non-hydrogen) atoms. The van der Waals surface area contributed by atoms with Gasteiger partial charge in [-0.15, -0.1) is 0 Å². The molecule has 372 valence electrons. The van der Waals surface area contributed by atoms with Gasteiger partial charge in [0.05, 0.1) is 15.9 Å². The summed E-state index contributed by atoms with van der Waals surface area (Å²) in [5.41, 5.74) is 5.49. The highest BCUT2D eigenvalue weighted by Crippen LogP contribution is 2.41. The molecular formula is C58H73N5O6S. The molecular weight excluding hydrogens is 895 g/mol. The molecule has 3 aliphatic heterocycles. The summed E-state index contributed by atoms with van der Waals surface area (Å²) >= 11 is 0. The SMILES string of the molecule is CC(C)C1(C)C(=O)Cc2cc3c(cc2NC1=O)NC(=O)C(C)(C(C)C)C(=O)C3.CC(C)c1ccc2cc3cc(C(C)C)ccc3cc2c1.CC(C)c1nc2cc3c(cc2[nH]1)CCC(C(C)C)NS3(=O)=O. The Labute approximate surface area is 414 Å². The Morgan fingerprint density at radius 2 is 1.06 bits per heavy atom. The molecule has 12 heteroatoms. The quantitative estimate of drug-likeness (QED) is 0.0952. The molecule has 4 heterocycles. The van der Waals surface area contributed by atoms with Gasteiger partial charge in [0.1, 0.15) is 16.7 Å². The van der Waals surface area contributed by atoms with Crippen molar-refractivity contribution in [2.75, 3.05) is 10.6 Å². The molecule has 0 saturated heterocycles. The first-order valence-corrected chi connectivity index (χ1v) is 26.6. The smallest absolute Gasteiger partial charge is 0.241 e. The predicted octanol–water partition coefficient (Wildman–Crippen LogP) is 12.3. The fourth-order valence-corrected chi connectivity index (χ4v) is 11.2. The van der Waals surface area contributed by atoms with Gasteiger partial charge in [0.25, 0.3) is 0 Å². The Bertz CT molecular complexity index is 2950. The van der Waals surface area contributed by atoms with Crippen molar-refractivity contribution in [3.63, 3.8) is 0 Å². The van der Waals surface area contributed by atoms with Crippen molar-refractivity contribution in [3.05, 3.63) is 106 Å². The average Bonchev–Trinajstić information content (AvgIpc) is 3.59. The summed E-state index contributed by atoms with van der Waals surface area (Å²) in [5, 5.41) is 11.1. The summed E-state index contributed by atoms with van der Waals surface area (Å²) in [7, 11) is -3.48. The summed E-state index contributed by atoms with van der Waals surface area (Å²) < 4.78 is 28.1. The van der Waals surface area contributed by atoms with Crippen LogP contribution < -0.4 is 15.4 Å². The molecule has 5 aromatic carbocycles. The molecule has 3 aliphatic rings. The molecule has 2 amide bonds. The number of nitrogens with one attached hydrogen (secondary N) is 4. The second-order valence-corrected chi connectivity index (χ2v) is 23.8. The lowest BCUT2D eigenvalue weighted by atomic mass is 9.73. The number of hydrogen-bond acceptors (Lipinski definition) is 7. The van der Waals surface area contributed by atoms with E-state index in [4.69, 9.17) is 0 Å². The third-order valence-corrected chi connectivity index (χ3v) is 17.0. The maximum atomic E-state index is 12.9. The Hall–Kier alpha value is -5.72. The van der Waals surface area contributed by atoms with Gasteiger partial charge in [0.2, 0.25) is 21.8 Å². The van der Waals surface area contributed by atoms with E-state index in [0.29, 0.717) is 39.2 Å². The molecule has 0 aliphatic carbocycles. The maximum Gasteiger partial charge on any atom is 0.241 e. The molecule has 0 bridgehead atoms. The van der Waals surface area contributed by atoms with Gasteiger partial charge in [-0.2, -0.15) is 0 Å². The number of nitrogens with zero attached hydrogens (tertiary/aromatic N) is 1. The molecule has 3 atom stereocenters. The number of aromatic nitrogens is 2. The summed E-state index contributed by atoms with van der Waals surface area (Å²) in [6, 6.07) is 25.4. The topological polar surface area (TPSA) is 167 Å². The zero-order chi connectivity index (χ0) is 51.4. The van der Waals surface area contributed by atoms with Crippen LogP contribution in [0.15, 0.2) is 77.7 Å². The van der Waals surface area contributed by atoms with Crippen LogP contribution in [0.2, 0.25) is 0 Å². The van der Waals surface area contributed by atoms with Crippen LogP contribution in [0, 0.1) is 28.6 Å². The maximum absolute atomic E-state index is 12.9. The van der Waals surface area contributed by atoms with Crippen LogP contribution in [0.3, 0.4) is 0 Å². The molecule has 0 fully saturated rings. The highest BCUT2D eigenvalue weighted by molar-refractivity contribution is 7.89. The Balaban J connectivity index is 0.000000157. The number of rotatable bonds is 6. The number of H-pyrrole nitrogens is 1. The standard InChI is InChI=1S/C22H28N2O4.C20H22.C16H23N3O2S/c1-11(2)21(5)17(25)8-13-7-14-9-18(26)22(6,12(3)4)20(28)24-16(14)10-15(13)23-19(21)27;1-13(2)15-5-7-17-12-20-10-16(14(3)4)6-8-18(20)11-19(17)9-15;1-9(2)12-6-5-11-7-13-14(18-16(17-13)10(3)4)8-15(11)22(20,21)19-12/h7,10-12H,8-9H2,1-6H3,(H,23,27)(H,24,28);5-14H,1-4H3;7-10,12,19H,5-6H2,1-4H3,(H,17,18). The Morgan fingerprint density at radius 3 is 1.49 bits per heavy atom. The number of benzene rings is 5.